The summed E-state index contributed by atoms with van der Waals surface area (Å²) in [4.78, 5) is 1.98. The van der Waals surface area contributed by atoms with Crippen LogP contribution in [-0.2, 0) is 0 Å². The van der Waals surface area contributed by atoms with E-state index in [4.69, 9.17) is 27.9 Å². The first-order valence-corrected chi connectivity index (χ1v) is 6.21. The molecule has 0 spiro atoms. The summed E-state index contributed by atoms with van der Waals surface area (Å²) in [5.41, 5.74) is 1.88. The first kappa shape index (κ1) is 13.1. The maximum absolute atomic E-state index is 6.27. The van der Waals surface area contributed by atoms with Crippen LogP contribution in [0.3, 0.4) is 0 Å². The number of methoxy groups -OCH3 is 1. The zero-order valence-corrected chi connectivity index (χ0v) is 11.7. The number of para-hydroxylation sites is 1. The van der Waals surface area contributed by atoms with Crippen molar-refractivity contribution in [1.29, 1.82) is 0 Å². The molecule has 0 unspecified atom stereocenters. The Balaban J connectivity index is 2.43. The minimum atomic E-state index is 0.430. The van der Waals surface area contributed by atoms with E-state index in [1.165, 1.54) is 0 Å². The molecule has 0 atom stereocenters. The summed E-state index contributed by atoms with van der Waals surface area (Å²) in [7, 11) is 3.51. The lowest BCUT2D eigenvalue weighted by Gasteiger charge is -2.21. The van der Waals surface area contributed by atoms with Crippen LogP contribution in [0.25, 0.3) is 0 Å². The lowest BCUT2D eigenvalue weighted by molar-refractivity contribution is 0.415. The van der Waals surface area contributed by atoms with Crippen molar-refractivity contribution in [3.8, 4) is 5.75 Å². The lowest BCUT2D eigenvalue weighted by Crippen LogP contribution is -2.09. The third-order valence-electron chi connectivity index (χ3n) is 2.75. The first-order chi connectivity index (χ1) is 8.65. The van der Waals surface area contributed by atoms with E-state index in [0.717, 1.165) is 11.4 Å². The van der Waals surface area contributed by atoms with E-state index in [0.29, 0.717) is 15.8 Å². The Hall–Kier alpha value is -1.38. The zero-order chi connectivity index (χ0) is 13.1. The molecule has 0 aliphatic rings. The first-order valence-electron chi connectivity index (χ1n) is 5.46. The van der Waals surface area contributed by atoms with Gasteiger partial charge >= 0.3 is 0 Å². The molecule has 0 aliphatic heterocycles. The molecule has 0 saturated heterocycles. The second kappa shape index (κ2) is 5.51. The molecule has 0 aliphatic carbocycles. The van der Waals surface area contributed by atoms with Gasteiger partial charge in [-0.2, -0.15) is 0 Å². The van der Waals surface area contributed by atoms with E-state index in [9.17, 15) is 0 Å². The highest BCUT2D eigenvalue weighted by molar-refractivity contribution is 6.44. The Morgan fingerprint density at radius 1 is 0.944 bits per heavy atom. The average molecular weight is 282 g/mol. The van der Waals surface area contributed by atoms with E-state index in [1.807, 2.05) is 54.4 Å². The van der Waals surface area contributed by atoms with E-state index in [1.54, 1.807) is 7.11 Å². The minimum absolute atomic E-state index is 0.430. The number of ether oxygens (including phenoxy) is 1. The molecule has 0 fully saturated rings. The Labute approximate surface area is 117 Å². The fraction of sp³-hybridized carbons (Fsp3) is 0.143. The number of halogens is 2. The topological polar surface area (TPSA) is 12.5 Å². The molecule has 2 aromatic rings. The van der Waals surface area contributed by atoms with E-state index in [-0.39, 0.29) is 0 Å². The van der Waals surface area contributed by atoms with Crippen molar-refractivity contribution in [3.63, 3.8) is 0 Å². The van der Waals surface area contributed by atoms with Crippen LogP contribution in [0.4, 0.5) is 11.4 Å². The summed E-state index contributed by atoms with van der Waals surface area (Å²) in [6.45, 7) is 0. The van der Waals surface area contributed by atoms with Gasteiger partial charge in [0, 0.05) is 12.7 Å². The molecular weight excluding hydrogens is 269 g/mol. The van der Waals surface area contributed by atoms with Crippen LogP contribution < -0.4 is 9.64 Å². The standard InChI is InChI=1S/C14H13Cl2NO/c1-17(10-6-4-3-5-7-10)11-8-9-12(18-2)14(16)13(11)15/h3-9H,1-2H3. The maximum Gasteiger partial charge on any atom is 0.139 e. The number of anilines is 2. The predicted octanol–water partition coefficient (Wildman–Crippen LogP) is 4.77. The minimum Gasteiger partial charge on any atom is -0.495 e. The molecule has 0 radical (unpaired) electrons. The van der Waals surface area contributed by atoms with Gasteiger partial charge in [0.15, 0.2) is 0 Å². The van der Waals surface area contributed by atoms with Crippen molar-refractivity contribution >= 4 is 34.6 Å². The van der Waals surface area contributed by atoms with Gasteiger partial charge in [-0.25, -0.2) is 0 Å². The molecule has 0 N–H and O–H groups in total. The fourth-order valence-electron chi connectivity index (χ4n) is 1.73. The molecule has 0 aromatic heterocycles. The van der Waals surface area contributed by atoms with Gasteiger partial charge in [-0.3, -0.25) is 0 Å². The van der Waals surface area contributed by atoms with Crippen molar-refractivity contribution in [2.75, 3.05) is 19.1 Å². The molecule has 18 heavy (non-hydrogen) atoms. The number of nitrogens with zero attached hydrogens (tertiary/aromatic N) is 1. The van der Waals surface area contributed by atoms with E-state index >= 15 is 0 Å². The van der Waals surface area contributed by atoms with Gasteiger partial charge in [0.1, 0.15) is 10.8 Å². The molecule has 2 nitrogen and oxygen atoms in total. The Morgan fingerprint density at radius 3 is 2.22 bits per heavy atom. The highest BCUT2D eigenvalue weighted by Crippen LogP contribution is 2.40. The summed E-state index contributed by atoms with van der Waals surface area (Å²) < 4.78 is 5.13. The van der Waals surface area contributed by atoms with Gasteiger partial charge in [0.25, 0.3) is 0 Å². The lowest BCUT2D eigenvalue weighted by atomic mass is 10.2. The smallest absolute Gasteiger partial charge is 0.139 e. The van der Waals surface area contributed by atoms with Gasteiger partial charge in [-0.15, -0.1) is 0 Å². The Morgan fingerprint density at radius 2 is 1.61 bits per heavy atom. The molecule has 0 amide bonds. The predicted molar refractivity (Wildman–Crippen MR) is 77.5 cm³/mol. The normalized spacial score (nSPS) is 10.2. The summed E-state index contributed by atoms with van der Waals surface area (Å²) >= 11 is 12.4. The molecule has 4 heteroatoms. The third-order valence-corrected chi connectivity index (χ3v) is 3.61. The quantitative estimate of drug-likeness (QED) is 0.804. The second-order valence-corrected chi connectivity index (χ2v) is 4.57. The van der Waals surface area contributed by atoms with Crippen molar-refractivity contribution < 1.29 is 4.74 Å². The molecule has 2 aromatic carbocycles. The third kappa shape index (κ3) is 2.40. The van der Waals surface area contributed by atoms with Crippen LogP contribution in [0.15, 0.2) is 42.5 Å². The number of hydrogen-bond acceptors (Lipinski definition) is 2. The zero-order valence-electron chi connectivity index (χ0n) is 10.2. The van der Waals surface area contributed by atoms with Crippen LogP contribution >= 0.6 is 23.2 Å². The molecule has 0 saturated carbocycles. The molecule has 2 rings (SSSR count). The number of hydrogen-bond donors (Lipinski definition) is 0. The highest BCUT2D eigenvalue weighted by atomic mass is 35.5. The van der Waals surface area contributed by atoms with Crippen LogP contribution in [0.1, 0.15) is 0 Å². The summed E-state index contributed by atoms with van der Waals surface area (Å²) in [6.07, 6.45) is 0. The van der Waals surface area contributed by atoms with E-state index < -0.39 is 0 Å². The maximum atomic E-state index is 6.27. The van der Waals surface area contributed by atoms with Crippen LogP contribution in [0, 0.1) is 0 Å². The molecule has 0 heterocycles. The molecule has 0 bridgehead atoms. The monoisotopic (exact) mass is 281 g/mol. The van der Waals surface area contributed by atoms with Crippen molar-refractivity contribution in [1.82, 2.24) is 0 Å². The Bertz CT molecular complexity index is 543. The summed E-state index contributed by atoms with van der Waals surface area (Å²) in [5.74, 6) is 0.576. The molecular formula is C14H13Cl2NO. The highest BCUT2D eigenvalue weighted by Gasteiger charge is 2.14. The van der Waals surface area contributed by atoms with E-state index in [2.05, 4.69) is 0 Å². The van der Waals surface area contributed by atoms with Gasteiger partial charge in [-0.1, -0.05) is 41.4 Å². The second-order valence-electron chi connectivity index (χ2n) is 3.81. The van der Waals surface area contributed by atoms with Gasteiger partial charge in [-0.05, 0) is 24.3 Å². The van der Waals surface area contributed by atoms with Crippen molar-refractivity contribution in [2.24, 2.45) is 0 Å². The fourth-order valence-corrected chi connectivity index (χ4v) is 2.25. The van der Waals surface area contributed by atoms with Gasteiger partial charge < -0.3 is 9.64 Å². The largest absolute Gasteiger partial charge is 0.495 e. The summed E-state index contributed by atoms with van der Waals surface area (Å²) in [6, 6.07) is 13.6. The number of rotatable bonds is 3. The van der Waals surface area contributed by atoms with Crippen molar-refractivity contribution in [3.05, 3.63) is 52.5 Å². The van der Waals surface area contributed by atoms with Gasteiger partial charge in [0.2, 0.25) is 0 Å². The van der Waals surface area contributed by atoms with Crippen LogP contribution in [-0.4, -0.2) is 14.2 Å². The van der Waals surface area contributed by atoms with Crippen LogP contribution in [0.2, 0.25) is 10.0 Å². The Kier molecular flexibility index (Phi) is 4.00. The molecule has 94 valence electrons. The van der Waals surface area contributed by atoms with Crippen molar-refractivity contribution in [2.45, 2.75) is 0 Å². The SMILES string of the molecule is COc1ccc(N(C)c2ccccc2)c(Cl)c1Cl. The van der Waals surface area contributed by atoms with Gasteiger partial charge in [0.05, 0.1) is 17.8 Å². The average Bonchev–Trinajstić information content (AvgIpc) is 2.42. The van der Waals surface area contributed by atoms with Crippen LogP contribution in [0.5, 0.6) is 5.75 Å². The summed E-state index contributed by atoms with van der Waals surface area (Å²) in [5, 5.41) is 0.918. The number of benzene rings is 2.